The van der Waals surface area contributed by atoms with Crippen LogP contribution in [0.2, 0.25) is 0 Å². The van der Waals surface area contributed by atoms with Crippen LogP contribution in [-0.4, -0.2) is 24.1 Å². The molecule has 0 fully saturated rings. The number of carbonyl (C=O) groups excluding carboxylic acids is 2. The second-order valence-electron chi connectivity index (χ2n) is 4.23. The molecular formula is C13H14FN3O2. The molecule has 0 bridgehead atoms. The summed E-state index contributed by atoms with van der Waals surface area (Å²) in [7, 11) is 0. The van der Waals surface area contributed by atoms with Crippen molar-refractivity contribution in [2.75, 3.05) is 6.54 Å². The fraction of sp³-hybridized carbons (Fsp3) is 0.308. The zero-order chi connectivity index (χ0) is 13.7. The van der Waals surface area contributed by atoms with Gasteiger partial charge in [-0.1, -0.05) is 12.1 Å². The highest BCUT2D eigenvalue weighted by Gasteiger charge is 2.17. The number of benzene rings is 1. The van der Waals surface area contributed by atoms with Crippen LogP contribution in [-0.2, 0) is 16.0 Å². The Labute approximate surface area is 109 Å². The highest BCUT2D eigenvalue weighted by atomic mass is 19.1. The third kappa shape index (κ3) is 3.87. The molecule has 0 unspecified atom stereocenters. The molecule has 1 aromatic rings. The topological polar surface area (TPSA) is 70.6 Å². The number of hydrazone groups is 1. The van der Waals surface area contributed by atoms with Gasteiger partial charge in [-0.25, -0.2) is 9.82 Å². The number of hydrogen-bond donors (Lipinski definition) is 2. The molecule has 0 saturated carbocycles. The summed E-state index contributed by atoms with van der Waals surface area (Å²) in [6.07, 6.45) is 1.16. The summed E-state index contributed by atoms with van der Waals surface area (Å²) in [5, 5.41) is 6.39. The van der Waals surface area contributed by atoms with E-state index in [9.17, 15) is 14.0 Å². The van der Waals surface area contributed by atoms with E-state index in [1.165, 1.54) is 12.1 Å². The molecule has 0 spiro atoms. The van der Waals surface area contributed by atoms with E-state index in [-0.39, 0.29) is 24.1 Å². The number of carbonyl (C=O) groups is 2. The van der Waals surface area contributed by atoms with Crippen molar-refractivity contribution in [3.8, 4) is 0 Å². The van der Waals surface area contributed by atoms with Crippen molar-refractivity contribution < 1.29 is 14.0 Å². The van der Waals surface area contributed by atoms with Gasteiger partial charge in [0.25, 0.3) is 5.91 Å². The summed E-state index contributed by atoms with van der Waals surface area (Å²) in [6, 6.07) is 6.24. The highest BCUT2D eigenvalue weighted by molar-refractivity contribution is 6.39. The second kappa shape index (κ2) is 6.08. The first-order chi connectivity index (χ1) is 9.15. The van der Waals surface area contributed by atoms with Gasteiger partial charge in [0.05, 0.1) is 0 Å². The van der Waals surface area contributed by atoms with Gasteiger partial charge >= 0.3 is 0 Å². The van der Waals surface area contributed by atoms with Gasteiger partial charge in [-0.15, -0.1) is 0 Å². The molecule has 0 aliphatic carbocycles. The van der Waals surface area contributed by atoms with Gasteiger partial charge in [0.15, 0.2) is 0 Å². The van der Waals surface area contributed by atoms with E-state index in [2.05, 4.69) is 15.8 Å². The van der Waals surface area contributed by atoms with Gasteiger partial charge in [0, 0.05) is 19.4 Å². The quantitative estimate of drug-likeness (QED) is 0.841. The first-order valence-corrected chi connectivity index (χ1v) is 6.03. The molecular weight excluding hydrogens is 249 g/mol. The predicted octanol–water partition coefficient (Wildman–Crippen LogP) is 0.750. The molecule has 0 saturated heterocycles. The lowest BCUT2D eigenvalue weighted by atomic mass is 10.1. The van der Waals surface area contributed by atoms with Gasteiger partial charge in [-0.05, 0) is 24.1 Å². The van der Waals surface area contributed by atoms with Crippen LogP contribution in [0.4, 0.5) is 4.39 Å². The Kier molecular flexibility index (Phi) is 4.22. The van der Waals surface area contributed by atoms with Crippen LogP contribution in [0, 0.1) is 5.82 Å². The van der Waals surface area contributed by atoms with Crippen LogP contribution >= 0.6 is 0 Å². The molecule has 1 aliphatic rings. The van der Waals surface area contributed by atoms with E-state index in [0.717, 1.165) is 5.56 Å². The van der Waals surface area contributed by atoms with Crippen LogP contribution in [0.1, 0.15) is 18.4 Å². The minimum atomic E-state index is -0.295. The van der Waals surface area contributed by atoms with Crippen LogP contribution in [0.15, 0.2) is 29.4 Å². The maximum atomic E-state index is 12.9. The van der Waals surface area contributed by atoms with E-state index in [1.54, 1.807) is 12.1 Å². The highest BCUT2D eigenvalue weighted by Crippen LogP contribution is 2.04. The Morgan fingerprint density at radius 1 is 1.42 bits per heavy atom. The van der Waals surface area contributed by atoms with Gasteiger partial charge in [0.1, 0.15) is 11.5 Å². The molecule has 19 heavy (non-hydrogen) atoms. The van der Waals surface area contributed by atoms with Gasteiger partial charge < -0.3 is 5.32 Å². The Hall–Kier alpha value is -2.24. The van der Waals surface area contributed by atoms with E-state index in [0.29, 0.717) is 25.1 Å². The first-order valence-electron chi connectivity index (χ1n) is 6.03. The van der Waals surface area contributed by atoms with Crippen molar-refractivity contribution in [3.63, 3.8) is 0 Å². The number of amides is 2. The molecule has 1 heterocycles. The van der Waals surface area contributed by atoms with E-state index >= 15 is 0 Å². The van der Waals surface area contributed by atoms with Crippen molar-refractivity contribution in [2.24, 2.45) is 5.10 Å². The minimum absolute atomic E-state index is 0.184. The fourth-order valence-corrected chi connectivity index (χ4v) is 1.75. The fourth-order valence-electron chi connectivity index (χ4n) is 1.75. The van der Waals surface area contributed by atoms with Crippen LogP contribution in [0.5, 0.6) is 0 Å². The second-order valence-corrected chi connectivity index (χ2v) is 4.23. The van der Waals surface area contributed by atoms with Crippen molar-refractivity contribution in [1.82, 2.24) is 10.7 Å². The predicted molar refractivity (Wildman–Crippen MR) is 67.9 cm³/mol. The largest absolute Gasteiger partial charge is 0.351 e. The van der Waals surface area contributed by atoms with Gasteiger partial charge in [-0.3, -0.25) is 9.59 Å². The minimum Gasteiger partial charge on any atom is -0.351 e. The average Bonchev–Trinajstić information content (AvgIpc) is 2.39. The maximum absolute atomic E-state index is 12.9. The molecule has 6 heteroatoms. The lowest BCUT2D eigenvalue weighted by Gasteiger charge is -2.11. The third-order valence-electron chi connectivity index (χ3n) is 2.75. The molecule has 1 aromatic carbocycles. The number of hydrogen-bond acceptors (Lipinski definition) is 3. The lowest BCUT2D eigenvalue weighted by Crippen LogP contribution is -2.37. The lowest BCUT2D eigenvalue weighted by molar-refractivity contribution is -0.121. The molecule has 0 radical (unpaired) electrons. The third-order valence-corrected chi connectivity index (χ3v) is 2.75. The van der Waals surface area contributed by atoms with Crippen molar-refractivity contribution in [3.05, 3.63) is 35.6 Å². The number of rotatable bonds is 4. The molecule has 2 N–H and O–H groups in total. The summed E-state index contributed by atoms with van der Waals surface area (Å²) in [5.41, 5.74) is 3.40. The Morgan fingerprint density at radius 3 is 2.95 bits per heavy atom. The van der Waals surface area contributed by atoms with Gasteiger partial charge in [-0.2, -0.15) is 5.10 Å². The summed E-state index contributed by atoms with van der Waals surface area (Å²) in [5.74, 6) is -0.768. The van der Waals surface area contributed by atoms with Crippen LogP contribution < -0.4 is 10.7 Å². The molecule has 100 valence electrons. The Balaban J connectivity index is 1.79. The zero-order valence-corrected chi connectivity index (χ0v) is 10.3. The Bertz CT molecular complexity index is 528. The average molecular weight is 263 g/mol. The van der Waals surface area contributed by atoms with Crippen LogP contribution in [0.25, 0.3) is 0 Å². The number of nitrogens with one attached hydrogen (secondary N) is 2. The van der Waals surface area contributed by atoms with E-state index in [4.69, 9.17) is 0 Å². The molecule has 2 amide bonds. The van der Waals surface area contributed by atoms with Gasteiger partial charge in [0.2, 0.25) is 5.91 Å². The molecule has 1 aliphatic heterocycles. The summed E-state index contributed by atoms with van der Waals surface area (Å²) < 4.78 is 12.9. The SMILES string of the molecule is O=C1CCC(C(=O)NCCc2cccc(F)c2)=NN1. The summed E-state index contributed by atoms with van der Waals surface area (Å²) >= 11 is 0. The monoisotopic (exact) mass is 263 g/mol. The zero-order valence-electron chi connectivity index (χ0n) is 10.3. The molecule has 5 nitrogen and oxygen atoms in total. The molecule has 2 rings (SSSR count). The molecule has 0 aromatic heterocycles. The summed E-state index contributed by atoms with van der Waals surface area (Å²) in [6.45, 7) is 0.398. The van der Waals surface area contributed by atoms with Crippen molar-refractivity contribution >= 4 is 17.5 Å². The van der Waals surface area contributed by atoms with Crippen molar-refractivity contribution in [1.29, 1.82) is 0 Å². The number of halogens is 1. The van der Waals surface area contributed by atoms with E-state index in [1.807, 2.05) is 0 Å². The van der Waals surface area contributed by atoms with Crippen LogP contribution in [0.3, 0.4) is 0 Å². The smallest absolute Gasteiger partial charge is 0.267 e. The Morgan fingerprint density at radius 2 is 2.26 bits per heavy atom. The van der Waals surface area contributed by atoms with E-state index < -0.39 is 0 Å². The normalized spacial score (nSPS) is 14.6. The van der Waals surface area contributed by atoms with Crippen molar-refractivity contribution in [2.45, 2.75) is 19.3 Å². The number of nitrogens with zero attached hydrogens (tertiary/aromatic N) is 1. The molecule has 0 atom stereocenters. The standard InChI is InChI=1S/C13H14FN3O2/c14-10-3-1-2-9(8-10)6-7-15-13(19)11-4-5-12(18)17-16-11/h1-3,8H,4-7H2,(H,15,19)(H,17,18). The first kappa shape index (κ1) is 13.2. The maximum Gasteiger partial charge on any atom is 0.267 e. The summed E-state index contributed by atoms with van der Waals surface area (Å²) in [4.78, 5) is 22.6.